The molecule has 3 aromatic rings. The average molecular weight is 369 g/mol. The van der Waals surface area contributed by atoms with Crippen LogP contribution in [0.2, 0.25) is 0 Å². The van der Waals surface area contributed by atoms with Crippen LogP contribution in [0.3, 0.4) is 0 Å². The Kier molecular flexibility index (Phi) is 6.42. The molecule has 0 fully saturated rings. The largest absolute Gasteiger partial charge is 0.507 e. The Morgan fingerprint density at radius 3 is 2.37 bits per heavy atom. The number of benzene rings is 1. The average Bonchev–Trinajstić information content (AvgIpc) is 3.11. The van der Waals surface area contributed by atoms with E-state index in [1.54, 1.807) is 10.9 Å². The summed E-state index contributed by atoms with van der Waals surface area (Å²) in [6.45, 7) is 7.50. The topological polar surface area (TPSA) is 69.4 Å². The van der Waals surface area contributed by atoms with Gasteiger partial charge in [0.2, 0.25) is 6.29 Å². The first-order chi connectivity index (χ1) is 13.2. The van der Waals surface area contributed by atoms with E-state index >= 15 is 0 Å². The van der Waals surface area contributed by atoms with E-state index in [1.165, 1.54) is 5.56 Å². The summed E-state index contributed by atoms with van der Waals surface area (Å²) in [5.74, 6) is 0.218. The minimum absolute atomic E-state index is 0.218. The zero-order chi connectivity index (χ0) is 19.2. The Morgan fingerprint density at radius 1 is 1.04 bits per heavy atom. The van der Waals surface area contributed by atoms with E-state index in [1.807, 2.05) is 39.0 Å². The van der Waals surface area contributed by atoms with E-state index in [9.17, 15) is 5.11 Å². The van der Waals surface area contributed by atoms with Crippen LogP contribution in [-0.2, 0) is 28.9 Å². The van der Waals surface area contributed by atoms with E-state index < -0.39 is 6.29 Å². The van der Waals surface area contributed by atoms with Gasteiger partial charge in [0, 0.05) is 25.3 Å². The number of ether oxygens (including phenoxy) is 2. The van der Waals surface area contributed by atoms with Crippen LogP contribution in [0.15, 0.2) is 36.5 Å². The van der Waals surface area contributed by atoms with E-state index in [-0.39, 0.29) is 5.75 Å². The van der Waals surface area contributed by atoms with Crippen molar-refractivity contribution in [2.45, 2.75) is 46.4 Å². The van der Waals surface area contributed by atoms with Crippen LogP contribution in [0.25, 0.3) is 11.0 Å². The van der Waals surface area contributed by atoms with Gasteiger partial charge in [-0.3, -0.25) is 0 Å². The molecule has 6 nitrogen and oxygen atoms in total. The molecule has 0 spiro atoms. The van der Waals surface area contributed by atoms with Crippen molar-refractivity contribution < 1.29 is 14.6 Å². The summed E-state index contributed by atoms with van der Waals surface area (Å²) in [7, 11) is 0. The number of hydrogen-bond donors (Lipinski definition) is 1. The highest BCUT2D eigenvalue weighted by molar-refractivity contribution is 5.83. The van der Waals surface area contributed by atoms with Gasteiger partial charge < -0.3 is 14.6 Å². The molecule has 0 aliphatic carbocycles. The van der Waals surface area contributed by atoms with Crippen molar-refractivity contribution in [3.63, 3.8) is 0 Å². The number of aromatic hydroxyl groups is 1. The standard InChI is InChI=1S/C21H27N3O3/c1-4-24-20-17(14-22-24)19(25)16(13-12-15-10-8-7-9-11-15)18(23-20)21(26-5-2)27-6-3/h7-11,14,21H,4-6,12-13H2,1-3H3,(H,23,25). The van der Waals surface area contributed by atoms with E-state index in [0.717, 1.165) is 12.0 Å². The third-order valence-corrected chi connectivity index (χ3v) is 4.55. The Balaban J connectivity index is 2.07. The van der Waals surface area contributed by atoms with Crippen LogP contribution in [0.4, 0.5) is 0 Å². The summed E-state index contributed by atoms with van der Waals surface area (Å²) in [5.41, 5.74) is 3.25. The summed E-state index contributed by atoms with van der Waals surface area (Å²) in [4.78, 5) is 4.81. The number of fused-ring (bicyclic) bond motifs is 1. The first kappa shape index (κ1) is 19.3. The quantitative estimate of drug-likeness (QED) is 0.577. The maximum absolute atomic E-state index is 11.0. The van der Waals surface area contributed by atoms with Crippen molar-refractivity contribution in [2.24, 2.45) is 0 Å². The number of nitrogens with zero attached hydrogens (tertiary/aromatic N) is 3. The Bertz CT molecular complexity index is 871. The van der Waals surface area contributed by atoms with Crippen LogP contribution >= 0.6 is 0 Å². The van der Waals surface area contributed by atoms with Gasteiger partial charge in [-0.25, -0.2) is 9.67 Å². The maximum Gasteiger partial charge on any atom is 0.201 e. The van der Waals surface area contributed by atoms with Crippen LogP contribution in [0.5, 0.6) is 5.75 Å². The third-order valence-electron chi connectivity index (χ3n) is 4.55. The highest BCUT2D eigenvalue weighted by atomic mass is 16.7. The van der Waals surface area contributed by atoms with Gasteiger partial charge in [-0.1, -0.05) is 30.3 Å². The number of hydrogen-bond acceptors (Lipinski definition) is 5. The fraction of sp³-hybridized carbons (Fsp3) is 0.429. The first-order valence-electron chi connectivity index (χ1n) is 9.53. The monoisotopic (exact) mass is 369 g/mol. The van der Waals surface area contributed by atoms with Gasteiger partial charge in [0.25, 0.3) is 0 Å². The fourth-order valence-electron chi connectivity index (χ4n) is 3.22. The van der Waals surface area contributed by atoms with Crippen molar-refractivity contribution in [3.8, 4) is 5.75 Å². The predicted octanol–water partition coefficient (Wildman–Crippen LogP) is 4.01. The summed E-state index contributed by atoms with van der Waals surface area (Å²) >= 11 is 0. The molecule has 0 bridgehead atoms. The summed E-state index contributed by atoms with van der Waals surface area (Å²) in [6.07, 6.45) is 2.50. The number of aryl methyl sites for hydroxylation is 2. The van der Waals surface area contributed by atoms with Gasteiger partial charge in [0.15, 0.2) is 5.65 Å². The molecule has 2 aromatic heterocycles. The molecule has 0 saturated carbocycles. The number of rotatable bonds is 9. The summed E-state index contributed by atoms with van der Waals surface area (Å²) in [6, 6.07) is 10.2. The molecule has 1 aromatic carbocycles. The smallest absolute Gasteiger partial charge is 0.201 e. The minimum atomic E-state index is -0.610. The normalized spacial score (nSPS) is 11.6. The molecule has 0 radical (unpaired) electrons. The lowest BCUT2D eigenvalue weighted by Crippen LogP contribution is -2.15. The molecule has 2 heterocycles. The second-order valence-electron chi connectivity index (χ2n) is 6.25. The molecule has 3 rings (SSSR count). The van der Waals surface area contributed by atoms with E-state index in [4.69, 9.17) is 14.5 Å². The van der Waals surface area contributed by atoms with Gasteiger partial charge in [-0.05, 0) is 39.2 Å². The van der Waals surface area contributed by atoms with Crippen molar-refractivity contribution in [2.75, 3.05) is 13.2 Å². The highest BCUT2D eigenvalue weighted by Gasteiger charge is 2.24. The lowest BCUT2D eigenvalue weighted by molar-refractivity contribution is -0.143. The van der Waals surface area contributed by atoms with Gasteiger partial charge in [-0.2, -0.15) is 5.10 Å². The van der Waals surface area contributed by atoms with Crippen molar-refractivity contribution in [3.05, 3.63) is 53.3 Å². The molecule has 144 valence electrons. The van der Waals surface area contributed by atoms with Crippen LogP contribution in [0.1, 0.15) is 43.9 Å². The van der Waals surface area contributed by atoms with Crippen LogP contribution in [-0.4, -0.2) is 33.1 Å². The second-order valence-corrected chi connectivity index (χ2v) is 6.25. The molecular formula is C21H27N3O3. The SMILES string of the molecule is CCOC(OCC)c1nc2c(cnn2CC)c(O)c1CCc1ccccc1. The molecule has 0 amide bonds. The predicted molar refractivity (Wildman–Crippen MR) is 105 cm³/mol. The molecule has 0 unspecified atom stereocenters. The molecule has 6 heteroatoms. The molecular weight excluding hydrogens is 342 g/mol. The lowest BCUT2D eigenvalue weighted by atomic mass is 10.0. The zero-order valence-electron chi connectivity index (χ0n) is 16.2. The first-order valence-corrected chi connectivity index (χ1v) is 9.53. The highest BCUT2D eigenvalue weighted by Crippen LogP contribution is 2.35. The van der Waals surface area contributed by atoms with Gasteiger partial charge in [0.1, 0.15) is 11.4 Å². The van der Waals surface area contributed by atoms with Crippen LogP contribution in [0, 0.1) is 0 Å². The van der Waals surface area contributed by atoms with Crippen molar-refractivity contribution in [1.82, 2.24) is 14.8 Å². The molecule has 27 heavy (non-hydrogen) atoms. The van der Waals surface area contributed by atoms with E-state index in [0.29, 0.717) is 42.9 Å². The molecule has 0 aliphatic rings. The zero-order valence-corrected chi connectivity index (χ0v) is 16.2. The number of aromatic nitrogens is 3. The Morgan fingerprint density at radius 2 is 1.74 bits per heavy atom. The molecule has 1 N–H and O–H groups in total. The Labute approximate surface area is 159 Å². The number of pyridine rings is 1. The third kappa shape index (κ3) is 4.12. The van der Waals surface area contributed by atoms with Gasteiger partial charge in [-0.15, -0.1) is 0 Å². The maximum atomic E-state index is 11.0. The lowest BCUT2D eigenvalue weighted by Gasteiger charge is -2.21. The van der Waals surface area contributed by atoms with Crippen LogP contribution < -0.4 is 0 Å². The van der Waals surface area contributed by atoms with Gasteiger partial charge >= 0.3 is 0 Å². The fourth-order valence-corrected chi connectivity index (χ4v) is 3.22. The Hall–Kier alpha value is -2.44. The van der Waals surface area contributed by atoms with Crippen molar-refractivity contribution in [1.29, 1.82) is 0 Å². The molecule has 0 saturated heterocycles. The molecule has 0 atom stereocenters. The molecule has 0 aliphatic heterocycles. The minimum Gasteiger partial charge on any atom is -0.507 e. The summed E-state index contributed by atoms with van der Waals surface area (Å²) in [5, 5.41) is 16.0. The second kappa shape index (κ2) is 8.97. The summed E-state index contributed by atoms with van der Waals surface area (Å²) < 4.78 is 13.4. The van der Waals surface area contributed by atoms with E-state index in [2.05, 4.69) is 17.2 Å². The van der Waals surface area contributed by atoms with Crippen molar-refractivity contribution >= 4 is 11.0 Å². The van der Waals surface area contributed by atoms with Gasteiger partial charge in [0.05, 0.1) is 11.6 Å².